The summed E-state index contributed by atoms with van der Waals surface area (Å²) in [6.07, 6.45) is 3.37. The largest absolute Gasteiger partial charge is 0.492 e. The van der Waals surface area contributed by atoms with Crippen LogP contribution in [0.1, 0.15) is 31.4 Å². The number of nitrogen functional groups attached to an aromatic ring is 1. The van der Waals surface area contributed by atoms with Crippen LogP contribution in [0, 0.1) is 5.92 Å². The lowest BCUT2D eigenvalue weighted by Crippen LogP contribution is -2.48. The van der Waals surface area contributed by atoms with E-state index in [1.54, 1.807) is 0 Å². The molecule has 0 amide bonds. The molecule has 0 bridgehead atoms. The maximum atomic E-state index is 6.26. The summed E-state index contributed by atoms with van der Waals surface area (Å²) in [4.78, 5) is 9.64. The zero-order valence-corrected chi connectivity index (χ0v) is 17.9. The zero-order valence-electron chi connectivity index (χ0n) is 17.9. The molecule has 5 heteroatoms. The Morgan fingerprint density at radius 2 is 1.76 bits per heavy atom. The molecule has 2 N–H and O–H groups in total. The minimum Gasteiger partial charge on any atom is -0.492 e. The summed E-state index contributed by atoms with van der Waals surface area (Å²) in [6.45, 7) is 12.2. The van der Waals surface area contributed by atoms with Crippen LogP contribution in [0.2, 0.25) is 0 Å². The lowest BCUT2D eigenvalue weighted by Gasteiger charge is -2.35. The van der Waals surface area contributed by atoms with Crippen molar-refractivity contribution in [1.29, 1.82) is 0 Å². The van der Waals surface area contributed by atoms with Crippen LogP contribution in [0.15, 0.2) is 30.3 Å². The molecule has 0 unspecified atom stereocenters. The first-order valence-electron chi connectivity index (χ1n) is 11.1. The third-order valence-corrected chi connectivity index (χ3v) is 6.04. The number of nitrogens with two attached hydrogens (primary N) is 1. The van der Waals surface area contributed by atoms with Crippen molar-refractivity contribution >= 4 is 5.82 Å². The summed E-state index contributed by atoms with van der Waals surface area (Å²) >= 11 is 0. The van der Waals surface area contributed by atoms with E-state index < -0.39 is 0 Å². The first-order chi connectivity index (χ1) is 14.1. The third-order valence-electron chi connectivity index (χ3n) is 6.04. The number of ether oxygens (including phenoxy) is 1. The van der Waals surface area contributed by atoms with Crippen LogP contribution in [0.3, 0.4) is 0 Å². The number of nitrogens with zero attached hydrogens (tertiary/aromatic N) is 3. The smallest absolute Gasteiger partial charge is 0.124 e. The standard InChI is InChI=1S/C24H34N4O/c1-18(2)17-28-13-11-27(12-14-28)15-16-29-23-10-9-20(19-5-3-6-21(19)23)22-7-4-8-24(25)26-22/h4,7-10,18H,3,5-6,11-17H2,1-2H3,(H2,25,26). The Hall–Kier alpha value is -2.11. The van der Waals surface area contributed by atoms with Gasteiger partial charge in [0.15, 0.2) is 0 Å². The maximum Gasteiger partial charge on any atom is 0.124 e. The van der Waals surface area contributed by atoms with E-state index in [1.165, 1.54) is 42.7 Å². The number of fused-ring (bicyclic) bond motifs is 1. The van der Waals surface area contributed by atoms with E-state index in [0.717, 1.165) is 56.4 Å². The van der Waals surface area contributed by atoms with Crippen molar-refractivity contribution in [2.24, 2.45) is 5.92 Å². The zero-order chi connectivity index (χ0) is 20.2. The molecule has 1 aliphatic carbocycles. The minimum absolute atomic E-state index is 0.572. The highest BCUT2D eigenvalue weighted by atomic mass is 16.5. The molecular weight excluding hydrogens is 360 g/mol. The molecular formula is C24H34N4O. The van der Waals surface area contributed by atoms with Gasteiger partial charge in [-0.25, -0.2) is 4.98 Å². The number of pyridine rings is 1. The lowest BCUT2D eigenvalue weighted by molar-refractivity contribution is 0.109. The van der Waals surface area contributed by atoms with E-state index in [2.05, 4.69) is 40.8 Å². The average Bonchev–Trinajstić information content (AvgIpc) is 3.19. The van der Waals surface area contributed by atoms with Crippen LogP contribution in [-0.2, 0) is 12.8 Å². The van der Waals surface area contributed by atoms with Gasteiger partial charge in [-0.1, -0.05) is 19.9 Å². The number of hydrogen-bond donors (Lipinski definition) is 1. The van der Waals surface area contributed by atoms with Crippen molar-refractivity contribution in [2.75, 3.05) is 51.6 Å². The molecule has 156 valence electrons. The highest BCUT2D eigenvalue weighted by molar-refractivity contribution is 5.69. The van der Waals surface area contributed by atoms with Crippen molar-refractivity contribution < 1.29 is 4.74 Å². The van der Waals surface area contributed by atoms with Crippen LogP contribution in [0.25, 0.3) is 11.3 Å². The molecule has 1 aliphatic heterocycles. The van der Waals surface area contributed by atoms with Gasteiger partial charge < -0.3 is 15.4 Å². The molecule has 2 heterocycles. The van der Waals surface area contributed by atoms with Gasteiger partial charge in [-0.3, -0.25) is 4.90 Å². The lowest BCUT2D eigenvalue weighted by atomic mass is 9.99. The molecule has 2 aromatic rings. The highest BCUT2D eigenvalue weighted by Gasteiger charge is 2.22. The van der Waals surface area contributed by atoms with Gasteiger partial charge in [0.1, 0.15) is 18.2 Å². The highest BCUT2D eigenvalue weighted by Crippen LogP contribution is 2.37. The van der Waals surface area contributed by atoms with Crippen LogP contribution < -0.4 is 10.5 Å². The first-order valence-corrected chi connectivity index (χ1v) is 11.1. The van der Waals surface area contributed by atoms with Crippen molar-refractivity contribution in [3.05, 3.63) is 41.5 Å². The predicted molar refractivity (Wildman–Crippen MR) is 119 cm³/mol. The second kappa shape index (κ2) is 9.14. The summed E-state index contributed by atoms with van der Waals surface area (Å²) in [5.74, 6) is 2.38. The fraction of sp³-hybridized carbons (Fsp3) is 0.542. The van der Waals surface area contributed by atoms with Crippen molar-refractivity contribution in [2.45, 2.75) is 33.1 Å². The Bertz CT molecular complexity index is 828. The van der Waals surface area contributed by atoms with Crippen molar-refractivity contribution in [3.63, 3.8) is 0 Å². The molecule has 2 aliphatic rings. The Morgan fingerprint density at radius 3 is 2.52 bits per heavy atom. The van der Waals surface area contributed by atoms with Crippen LogP contribution in [0.5, 0.6) is 5.75 Å². The fourth-order valence-electron chi connectivity index (χ4n) is 4.65. The van der Waals surface area contributed by atoms with E-state index in [1.807, 2.05) is 18.2 Å². The quantitative estimate of drug-likeness (QED) is 0.779. The monoisotopic (exact) mass is 394 g/mol. The van der Waals surface area contributed by atoms with Crippen LogP contribution >= 0.6 is 0 Å². The summed E-state index contributed by atoms with van der Waals surface area (Å²) in [5, 5.41) is 0. The van der Waals surface area contributed by atoms with Crippen molar-refractivity contribution in [3.8, 4) is 17.0 Å². The molecule has 1 fully saturated rings. The summed E-state index contributed by atoms with van der Waals surface area (Å²) in [7, 11) is 0. The molecule has 4 rings (SSSR count). The molecule has 1 aromatic carbocycles. The van der Waals surface area contributed by atoms with E-state index >= 15 is 0 Å². The first kappa shape index (κ1) is 20.2. The van der Waals surface area contributed by atoms with E-state index in [4.69, 9.17) is 10.5 Å². The Labute approximate surface area is 174 Å². The SMILES string of the molecule is CC(C)CN1CCN(CCOc2ccc(-c3cccc(N)n3)c3c2CCC3)CC1. The van der Waals surface area contributed by atoms with Crippen molar-refractivity contribution in [1.82, 2.24) is 14.8 Å². The molecule has 1 saturated heterocycles. The fourth-order valence-corrected chi connectivity index (χ4v) is 4.65. The van der Waals surface area contributed by atoms with E-state index in [0.29, 0.717) is 5.82 Å². The molecule has 0 spiro atoms. The topological polar surface area (TPSA) is 54.6 Å². The van der Waals surface area contributed by atoms with Gasteiger partial charge in [0.25, 0.3) is 0 Å². The van der Waals surface area contributed by atoms with Gasteiger partial charge in [0.2, 0.25) is 0 Å². The van der Waals surface area contributed by atoms with Crippen LogP contribution in [0.4, 0.5) is 5.82 Å². The van der Waals surface area contributed by atoms with Gasteiger partial charge in [-0.2, -0.15) is 0 Å². The van der Waals surface area contributed by atoms with Gasteiger partial charge in [0.05, 0.1) is 5.69 Å². The minimum atomic E-state index is 0.572. The average molecular weight is 395 g/mol. The molecule has 5 nitrogen and oxygen atoms in total. The van der Waals surface area contributed by atoms with Gasteiger partial charge in [-0.05, 0) is 60.6 Å². The number of hydrogen-bond acceptors (Lipinski definition) is 5. The number of benzene rings is 1. The van der Waals surface area contributed by atoms with Gasteiger partial charge in [0, 0.05) is 44.8 Å². The number of piperazine rings is 1. The maximum absolute atomic E-state index is 6.26. The molecule has 0 atom stereocenters. The predicted octanol–water partition coefficient (Wildman–Crippen LogP) is 3.47. The van der Waals surface area contributed by atoms with E-state index in [-0.39, 0.29) is 0 Å². The summed E-state index contributed by atoms with van der Waals surface area (Å²) in [5.41, 5.74) is 10.8. The molecule has 1 aromatic heterocycles. The van der Waals surface area contributed by atoms with E-state index in [9.17, 15) is 0 Å². The number of rotatable bonds is 7. The summed E-state index contributed by atoms with van der Waals surface area (Å²) < 4.78 is 6.26. The van der Waals surface area contributed by atoms with Gasteiger partial charge >= 0.3 is 0 Å². The molecule has 0 saturated carbocycles. The van der Waals surface area contributed by atoms with Crippen LogP contribution in [-0.4, -0.2) is 60.7 Å². The second-order valence-corrected chi connectivity index (χ2v) is 8.75. The number of aromatic nitrogens is 1. The second-order valence-electron chi connectivity index (χ2n) is 8.75. The normalized spacial score (nSPS) is 17.6. The molecule has 29 heavy (non-hydrogen) atoms. The number of anilines is 1. The molecule has 0 radical (unpaired) electrons. The Balaban J connectivity index is 1.35. The summed E-state index contributed by atoms with van der Waals surface area (Å²) in [6, 6.07) is 10.1. The van der Waals surface area contributed by atoms with Gasteiger partial charge in [-0.15, -0.1) is 0 Å². The Morgan fingerprint density at radius 1 is 1.00 bits per heavy atom. The third kappa shape index (κ3) is 4.90. The Kier molecular flexibility index (Phi) is 6.36.